The highest BCUT2D eigenvalue weighted by Crippen LogP contribution is 2.28. The fourth-order valence-electron chi connectivity index (χ4n) is 3.35. The van der Waals surface area contributed by atoms with Crippen molar-refractivity contribution in [1.82, 2.24) is 9.47 Å². The lowest BCUT2D eigenvalue weighted by atomic mass is 9.92. The quantitative estimate of drug-likeness (QED) is 0.793. The van der Waals surface area contributed by atoms with E-state index in [-0.39, 0.29) is 30.6 Å². The van der Waals surface area contributed by atoms with E-state index < -0.39 is 34.8 Å². The first kappa shape index (κ1) is 19.7. The molecule has 26 heavy (non-hydrogen) atoms. The van der Waals surface area contributed by atoms with Crippen LogP contribution in [0.3, 0.4) is 0 Å². The summed E-state index contributed by atoms with van der Waals surface area (Å²) in [6.45, 7) is 5.83. The van der Waals surface area contributed by atoms with Gasteiger partial charge in [0.1, 0.15) is 11.1 Å². The molecule has 2 heterocycles. The van der Waals surface area contributed by atoms with Crippen LogP contribution in [-0.2, 0) is 4.79 Å². The fourth-order valence-corrected chi connectivity index (χ4v) is 3.35. The number of aliphatic carboxylic acids is 1. The number of carboxylic acid groups (broad SMARTS) is 2. The maximum Gasteiger partial charge on any atom is 0.341 e. The Kier molecular flexibility index (Phi) is 5.84. The molecule has 0 aliphatic carbocycles. The van der Waals surface area contributed by atoms with E-state index in [4.69, 9.17) is 0 Å². The number of hydrogen-bond acceptors (Lipinski definition) is 4. The molecule has 0 radical (unpaired) electrons. The van der Waals surface area contributed by atoms with Crippen LogP contribution in [-0.4, -0.2) is 50.6 Å². The average Bonchev–Trinajstić information content (AvgIpc) is 2.98. The zero-order chi connectivity index (χ0) is 19.6. The molecule has 1 aliphatic rings. The third-order valence-corrected chi connectivity index (χ3v) is 4.81. The monoisotopic (exact) mass is 364 g/mol. The minimum atomic E-state index is -1.40. The van der Waals surface area contributed by atoms with Crippen molar-refractivity contribution in [3.63, 3.8) is 0 Å². The second-order valence-electron chi connectivity index (χ2n) is 6.96. The van der Waals surface area contributed by atoms with E-state index in [1.54, 1.807) is 13.8 Å². The van der Waals surface area contributed by atoms with Crippen molar-refractivity contribution in [3.05, 3.63) is 33.7 Å². The number of aromatic carboxylic acids is 1. The second kappa shape index (κ2) is 7.72. The van der Waals surface area contributed by atoms with Crippen molar-refractivity contribution in [2.45, 2.75) is 39.7 Å². The van der Waals surface area contributed by atoms with Crippen molar-refractivity contribution in [2.75, 3.05) is 13.1 Å². The zero-order valence-corrected chi connectivity index (χ0v) is 15.1. The number of amides is 1. The Labute approximate surface area is 151 Å². The van der Waals surface area contributed by atoms with E-state index in [2.05, 4.69) is 0 Å². The largest absolute Gasteiger partial charge is 0.481 e. The highest BCUT2D eigenvalue weighted by Gasteiger charge is 2.40. The normalized spacial score (nSPS) is 19.8. The fraction of sp³-hybridized carbons (Fsp3) is 0.556. The molecule has 1 amide bonds. The number of carbonyl (C=O) groups excluding carboxylic acids is 1. The van der Waals surface area contributed by atoms with E-state index in [9.17, 15) is 29.4 Å². The highest BCUT2D eigenvalue weighted by molar-refractivity contribution is 5.97. The molecule has 1 saturated heterocycles. The van der Waals surface area contributed by atoms with Crippen LogP contribution < -0.4 is 5.43 Å². The van der Waals surface area contributed by atoms with Crippen LogP contribution in [0, 0.1) is 11.8 Å². The second-order valence-corrected chi connectivity index (χ2v) is 6.96. The molecule has 1 aromatic heterocycles. The Morgan fingerprint density at radius 2 is 1.77 bits per heavy atom. The van der Waals surface area contributed by atoms with Crippen molar-refractivity contribution in [1.29, 1.82) is 0 Å². The predicted molar refractivity (Wildman–Crippen MR) is 93.5 cm³/mol. The molecule has 0 aromatic carbocycles. The maximum absolute atomic E-state index is 12.9. The molecular weight excluding hydrogens is 340 g/mol. The topological polar surface area (TPSA) is 117 Å². The highest BCUT2D eigenvalue weighted by atomic mass is 16.4. The molecule has 1 aliphatic heterocycles. The Morgan fingerprint density at radius 1 is 1.15 bits per heavy atom. The van der Waals surface area contributed by atoms with Crippen LogP contribution >= 0.6 is 0 Å². The summed E-state index contributed by atoms with van der Waals surface area (Å²) in [4.78, 5) is 49.5. The molecule has 142 valence electrons. The van der Waals surface area contributed by atoms with Gasteiger partial charge < -0.3 is 19.7 Å². The number of likely N-dealkylation sites (tertiary alicyclic amines) is 1. The molecule has 0 unspecified atom stereocenters. The Hall–Kier alpha value is -2.64. The minimum Gasteiger partial charge on any atom is -0.481 e. The predicted octanol–water partition coefficient (Wildman–Crippen LogP) is 1.70. The number of carbonyl (C=O) groups is 3. The molecule has 2 rings (SSSR count). The average molecular weight is 364 g/mol. The van der Waals surface area contributed by atoms with Gasteiger partial charge in [-0.05, 0) is 26.2 Å². The van der Waals surface area contributed by atoms with Gasteiger partial charge in [0.2, 0.25) is 5.43 Å². The molecule has 1 fully saturated rings. The summed E-state index contributed by atoms with van der Waals surface area (Å²) in [5.41, 5.74) is -1.55. The first-order chi connectivity index (χ1) is 12.2. The van der Waals surface area contributed by atoms with Gasteiger partial charge in [0.25, 0.3) is 5.91 Å². The molecular formula is C18H24N2O6. The molecule has 2 atom stereocenters. The summed E-state index contributed by atoms with van der Waals surface area (Å²) < 4.78 is 1.51. The third kappa shape index (κ3) is 3.79. The van der Waals surface area contributed by atoms with Gasteiger partial charge in [-0.25, -0.2) is 4.79 Å². The summed E-state index contributed by atoms with van der Waals surface area (Å²) in [7, 11) is 0. The summed E-state index contributed by atoms with van der Waals surface area (Å²) in [6.07, 6.45) is 4.04. The van der Waals surface area contributed by atoms with Gasteiger partial charge in [0.05, 0.1) is 5.92 Å². The van der Waals surface area contributed by atoms with Gasteiger partial charge >= 0.3 is 11.9 Å². The lowest BCUT2D eigenvalue weighted by Gasteiger charge is -2.18. The number of hydrogen-bond donors (Lipinski definition) is 2. The van der Waals surface area contributed by atoms with Crippen LogP contribution in [0.4, 0.5) is 0 Å². The molecule has 0 spiro atoms. The molecule has 8 heteroatoms. The summed E-state index contributed by atoms with van der Waals surface area (Å²) in [6, 6.07) is -0.140. The smallest absolute Gasteiger partial charge is 0.341 e. The Balaban J connectivity index is 2.42. The van der Waals surface area contributed by atoms with Crippen LogP contribution in [0.15, 0.2) is 17.2 Å². The van der Waals surface area contributed by atoms with Gasteiger partial charge in [-0.15, -0.1) is 0 Å². The number of carboxylic acids is 2. The van der Waals surface area contributed by atoms with E-state index in [0.29, 0.717) is 6.42 Å². The number of aromatic nitrogens is 1. The Bertz CT molecular complexity index is 782. The lowest BCUT2D eigenvalue weighted by Crippen LogP contribution is -2.35. The van der Waals surface area contributed by atoms with Gasteiger partial charge in [0, 0.05) is 31.5 Å². The molecule has 0 bridgehead atoms. The molecule has 8 nitrogen and oxygen atoms in total. The van der Waals surface area contributed by atoms with Crippen molar-refractivity contribution < 1.29 is 24.6 Å². The van der Waals surface area contributed by atoms with Gasteiger partial charge in [-0.2, -0.15) is 0 Å². The Morgan fingerprint density at radius 3 is 2.27 bits per heavy atom. The van der Waals surface area contributed by atoms with Crippen LogP contribution in [0.1, 0.15) is 60.4 Å². The SMILES string of the molecule is CCC[C@@H]1CN(C(=O)c2cn(C(C)C)cc(C(=O)O)c2=O)C[C@H]1C(=O)O. The summed E-state index contributed by atoms with van der Waals surface area (Å²) in [5.74, 6) is -3.81. The van der Waals surface area contributed by atoms with Gasteiger partial charge in [-0.1, -0.05) is 13.3 Å². The van der Waals surface area contributed by atoms with Crippen molar-refractivity contribution >= 4 is 17.8 Å². The standard InChI is InChI=1S/C18H24N2O6/c1-4-5-11-6-20(7-12(11)17(23)24)16(22)13-8-19(10(2)3)9-14(15(13)21)18(25)26/h8-12H,4-7H2,1-3H3,(H,23,24)(H,25,26)/t11-,12-/m1/s1. The minimum absolute atomic E-state index is 0.0251. The molecule has 2 N–H and O–H groups in total. The lowest BCUT2D eigenvalue weighted by molar-refractivity contribution is -0.142. The van der Waals surface area contributed by atoms with Gasteiger partial charge in [0.15, 0.2) is 0 Å². The number of rotatable bonds is 6. The van der Waals surface area contributed by atoms with Crippen LogP contribution in [0.2, 0.25) is 0 Å². The van der Waals surface area contributed by atoms with Crippen molar-refractivity contribution in [2.24, 2.45) is 11.8 Å². The third-order valence-electron chi connectivity index (χ3n) is 4.81. The first-order valence-electron chi connectivity index (χ1n) is 8.68. The van der Waals surface area contributed by atoms with Crippen molar-refractivity contribution in [3.8, 4) is 0 Å². The van der Waals surface area contributed by atoms with Gasteiger partial charge in [-0.3, -0.25) is 14.4 Å². The number of nitrogens with zero attached hydrogens (tertiary/aromatic N) is 2. The molecule has 0 saturated carbocycles. The van der Waals surface area contributed by atoms with E-state index >= 15 is 0 Å². The number of pyridine rings is 1. The van der Waals surface area contributed by atoms with E-state index in [1.807, 2.05) is 6.92 Å². The van der Waals surface area contributed by atoms with E-state index in [0.717, 1.165) is 6.42 Å². The maximum atomic E-state index is 12.9. The summed E-state index contributed by atoms with van der Waals surface area (Å²) in [5, 5.41) is 18.6. The summed E-state index contributed by atoms with van der Waals surface area (Å²) >= 11 is 0. The molecule has 1 aromatic rings. The first-order valence-corrected chi connectivity index (χ1v) is 8.68. The van der Waals surface area contributed by atoms with Crippen LogP contribution in [0.25, 0.3) is 0 Å². The van der Waals surface area contributed by atoms with E-state index in [1.165, 1.54) is 21.9 Å². The zero-order valence-electron chi connectivity index (χ0n) is 15.1. The van der Waals surface area contributed by atoms with Crippen LogP contribution in [0.5, 0.6) is 0 Å².